The van der Waals surface area contributed by atoms with Gasteiger partial charge in [-0.3, -0.25) is 24.6 Å². The number of hydrogen-bond acceptors (Lipinski definition) is 12. The van der Waals surface area contributed by atoms with Crippen molar-refractivity contribution >= 4 is 29.3 Å². The van der Waals surface area contributed by atoms with E-state index in [1.165, 1.54) is 50.4 Å². The van der Waals surface area contributed by atoms with Crippen molar-refractivity contribution in [3.63, 3.8) is 0 Å². The van der Waals surface area contributed by atoms with Crippen LogP contribution < -0.4 is 20.5 Å². The predicted molar refractivity (Wildman–Crippen MR) is 152 cm³/mol. The molecule has 3 aliphatic rings. The van der Waals surface area contributed by atoms with Crippen molar-refractivity contribution in [2.24, 2.45) is 17.6 Å². The molecule has 14 heteroatoms. The average Bonchev–Trinajstić information content (AvgIpc) is 2.96. The number of fused-ring (bicyclic) bond motifs is 3. The number of ketones is 2. The van der Waals surface area contributed by atoms with E-state index < -0.39 is 87.5 Å². The smallest absolute Gasteiger partial charge is 0.417 e. The molecule has 0 heterocycles. The quantitative estimate of drug-likeness (QED) is 0.188. The Hall–Kier alpha value is -4.92. The van der Waals surface area contributed by atoms with E-state index in [0.29, 0.717) is 5.75 Å². The minimum Gasteiger partial charge on any atom is -0.510 e. The summed E-state index contributed by atoms with van der Waals surface area (Å²) in [6, 6.07) is 7.49. The van der Waals surface area contributed by atoms with Gasteiger partial charge in [-0.25, -0.2) is 4.79 Å². The zero-order valence-corrected chi connectivity index (χ0v) is 24.1. The van der Waals surface area contributed by atoms with Gasteiger partial charge in [0.05, 0.1) is 36.4 Å². The Morgan fingerprint density at radius 1 is 1.02 bits per heavy atom. The SMILES string of the molecule is COc1ccc(OC(=O)Nc2ccc3c(c2O)C(=O)C2=C(O)[C@@]4(O)C(=O)C(C(N)=O)=C(O)[C@@H](N(C)C)[C@@H]4[C@@H](O)[C@H]2[C@@H]3C)cc1. The van der Waals surface area contributed by atoms with Crippen LogP contribution in [0.2, 0.25) is 0 Å². The van der Waals surface area contributed by atoms with E-state index in [-0.39, 0.29) is 22.6 Å². The lowest BCUT2D eigenvalue weighted by molar-refractivity contribution is -0.162. The molecule has 5 rings (SSSR count). The minimum atomic E-state index is -3.03. The van der Waals surface area contributed by atoms with Gasteiger partial charge in [0.25, 0.3) is 5.91 Å². The number of nitrogens with one attached hydrogen (secondary N) is 1. The van der Waals surface area contributed by atoms with E-state index in [9.17, 15) is 44.7 Å². The number of aliphatic hydroxyl groups excluding tert-OH is 3. The van der Waals surface area contributed by atoms with Crippen LogP contribution in [0.1, 0.15) is 28.8 Å². The molecular formula is C30H31N3O11. The molecule has 8 N–H and O–H groups in total. The molecule has 44 heavy (non-hydrogen) atoms. The highest BCUT2D eigenvalue weighted by molar-refractivity contribution is 6.25. The van der Waals surface area contributed by atoms with Crippen LogP contribution in [0.4, 0.5) is 10.5 Å². The Kier molecular flexibility index (Phi) is 7.40. The second-order valence-corrected chi connectivity index (χ2v) is 11.2. The molecule has 2 amide bonds. The van der Waals surface area contributed by atoms with Crippen molar-refractivity contribution < 1.29 is 54.2 Å². The minimum absolute atomic E-state index is 0.158. The maximum Gasteiger partial charge on any atom is 0.417 e. The molecule has 2 aromatic carbocycles. The van der Waals surface area contributed by atoms with Crippen LogP contribution in [0.5, 0.6) is 17.2 Å². The number of aromatic hydroxyl groups is 1. The van der Waals surface area contributed by atoms with Gasteiger partial charge in [-0.15, -0.1) is 0 Å². The van der Waals surface area contributed by atoms with Crippen LogP contribution in [-0.2, 0) is 9.59 Å². The summed E-state index contributed by atoms with van der Waals surface area (Å²) in [4.78, 5) is 53.5. The van der Waals surface area contributed by atoms with Crippen molar-refractivity contribution in [3.05, 3.63) is 70.2 Å². The number of hydrogen-bond donors (Lipinski definition) is 7. The van der Waals surface area contributed by atoms with E-state index in [2.05, 4.69) is 5.32 Å². The van der Waals surface area contributed by atoms with E-state index >= 15 is 0 Å². The second-order valence-electron chi connectivity index (χ2n) is 11.2. The number of Topliss-reactive ketones (excluding diaryl/α,β-unsaturated/α-hetero) is 2. The number of carbonyl (C=O) groups is 4. The normalized spacial score (nSPS) is 27.8. The van der Waals surface area contributed by atoms with Crippen molar-refractivity contribution in [1.29, 1.82) is 0 Å². The van der Waals surface area contributed by atoms with E-state index in [1.807, 2.05) is 0 Å². The van der Waals surface area contributed by atoms with E-state index in [4.69, 9.17) is 15.2 Å². The Labute approximate surface area is 250 Å². The molecule has 0 saturated heterocycles. The van der Waals surface area contributed by atoms with Gasteiger partial charge in [0.2, 0.25) is 5.78 Å². The molecule has 0 fully saturated rings. The molecule has 232 valence electrons. The molecule has 0 unspecified atom stereocenters. The number of ether oxygens (including phenoxy) is 2. The monoisotopic (exact) mass is 609 g/mol. The molecule has 2 aromatic rings. The summed E-state index contributed by atoms with van der Waals surface area (Å²) in [6.45, 7) is 1.60. The summed E-state index contributed by atoms with van der Waals surface area (Å²) in [7, 11) is 4.38. The highest BCUT2D eigenvalue weighted by atomic mass is 16.6. The lowest BCUT2D eigenvalue weighted by Gasteiger charge is -2.53. The number of nitrogens with two attached hydrogens (primary N) is 1. The molecule has 14 nitrogen and oxygen atoms in total. The van der Waals surface area contributed by atoms with Crippen LogP contribution in [0.3, 0.4) is 0 Å². The first-order chi connectivity index (χ1) is 20.7. The number of phenols is 1. The maximum atomic E-state index is 14.0. The first kappa shape index (κ1) is 30.5. The van der Waals surface area contributed by atoms with Crippen LogP contribution in [0.15, 0.2) is 59.1 Å². The molecule has 0 aromatic heterocycles. The van der Waals surface area contributed by atoms with Crippen molar-refractivity contribution in [1.82, 2.24) is 4.90 Å². The van der Waals surface area contributed by atoms with Crippen LogP contribution in [-0.4, -0.2) is 93.0 Å². The Morgan fingerprint density at radius 2 is 1.64 bits per heavy atom. The van der Waals surface area contributed by atoms with Crippen LogP contribution in [0, 0.1) is 11.8 Å². The lowest BCUT2D eigenvalue weighted by atomic mass is 9.55. The van der Waals surface area contributed by atoms with Crippen molar-refractivity contribution in [3.8, 4) is 17.2 Å². The Balaban J connectivity index is 1.58. The van der Waals surface area contributed by atoms with Gasteiger partial charge in [-0.2, -0.15) is 0 Å². The number of methoxy groups -OCH3 is 1. The summed E-state index contributed by atoms with van der Waals surface area (Å²) in [5.74, 6) is -9.47. The molecule has 3 aliphatic carbocycles. The van der Waals surface area contributed by atoms with Gasteiger partial charge in [-0.1, -0.05) is 13.0 Å². The third kappa shape index (κ3) is 4.29. The lowest BCUT2D eigenvalue weighted by Crippen LogP contribution is -2.68. The first-order valence-corrected chi connectivity index (χ1v) is 13.5. The molecular weight excluding hydrogens is 578 g/mol. The van der Waals surface area contributed by atoms with E-state index in [0.717, 1.165) is 0 Å². The standard InChI is InChI=1S/C30H31N3O11/c1-11-14-9-10-15(32-29(41)44-13-7-5-12(43-4)6-8-13)22(34)17(14)23(35)18-16(11)24(36)20-21(33(2)3)25(37)19(28(31)40)27(39)30(20,42)26(18)38/h5-11,16,20-21,24,34,36-38,42H,1-4H3,(H2,31,40)(H,32,41)/t11-,16+,20-,21+,24+,30-/m1/s1. The maximum absolute atomic E-state index is 14.0. The Bertz CT molecular complexity index is 1660. The van der Waals surface area contributed by atoms with Gasteiger partial charge in [-0.05, 0) is 55.9 Å². The number of likely N-dealkylation sites (N-methyl/N-ethyl adjacent to an activating group) is 1. The molecule has 0 radical (unpaired) electrons. The summed E-state index contributed by atoms with van der Waals surface area (Å²) in [5.41, 5.74) is 0.419. The first-order valence-electron chi connectivity index (χ1n) is 13.5. The Morgan fingerprint density at radius 3 is 2.20 bits per heavy atom. The molecule has 0 bridgehead atoms. The fourth-order valence-corrected chi connectivity index (χ4v) is 6.61. The van der Waals surface area contributed by atoms with Crippen LogP contribution >= 0.6 is 0 Å². The molecule has 0 spiro atoms. The zero-order valence-electron chi connectivity index (χ0n) is 24.1. The van der Waals surface area contributed by atoms with Crippen LogP contribution in [0.25, 0.3) is 0 Å². The van der Waals surface area contributed by atoms with E-state index in [1.54, 1.807) is 19.1 Å². The van der Waals surface area contributed by atoms with Gasteiger partial charge >= 0.3 is 6.09 Å². The number of primary amides is 1. The van der Waals surface area contributed by atoms with Gasteiger partial charge in [0.15, 0.2) is 17.1 Å². The van der Waals surface area contributed by atoms with Crippen molar-refractivity contribution in [2.75, 3.05) is 26.5 Å². The number of phenolic OH excluding ortho intramolecular Hbond substituents is 1. The fraction of sp³-hybridized carbons (Fsp3) is 0.333. The highest BCUT2D eigenvalue weighted by Crippen LogP contribution is 2.56. The molecule has 6 atom stereocenters. The number of nitrogens with zero attached hydrogens (tertiary/aromatic N) is 1. The largest absolute Gasteiger partial charge is 0.510 e. The number of benzene rings is 2. The second kappa shape index (κ2) is 10.7. The molecule has 0 aliphatic heterocycles. The number of anilines is 1. The number of amides is 2. The fourth-order valence-electron chi connectivity index (χ4n) is 6.61. The summed E-state index contributed by atoms with van der Waals surface area (Å²) < 4.78 is 10.3. The summed E-state index contributed by atoms with van der Waals surface area (Å²) in [5, 5.41) is 59.3. The average molecular weight is 610 g/mol. The number of aliphatic hydroxyl groups is 4. The topological polar surface area (TPSA) is 229 Å². The molecule has 0 saturated carbocycles. The third-order valence-electron chi connectivity index (χ3n) is 8.64. The van der Waals surface area contributed by atoms with Gasteiger partial charge in [0, 0.05) is 11.5 Å². The number of rotatable bonds is 5. The third-order valence-corrected chi connectivity index (χ3v) is 8.64. The summed E-state index contributed by atoms with van der Waals surface area (Å²) in [6.07, 6.45) is -2.72. The summed E-state index contributed by atoms with van der Waals surface area (Å²) >= 11 is 0. The van der Waals surface area contributed by atoms with Gasteiger partial charge < -0.3 is 40.7 Å². The van der Waals surface area contributed by atoms with Crippen molar-refractivity contribution in [2.45, 2.75) is 30.6 Å². The van der Waals surface area contributed by atoms with Gasteiger partial charge in [0.1, 0.15) is 28.6 Å². The predicted octanol–water partition coefficient (Wildman–Crippen LogP) is 1.27. The zero-order chi connectivity index (χ0) is 32.4. The number of carbonyl (C=O) groups excluding carboxylic acids is 4. The highest BCUT2D eigenvalue weighted by Gasteiger charge is 2.67.